The van der Waals surface area contributed by atoms with Crippen LogP contribution in [0.25, 0.3) is 43.5 Å². The minimum atomic E-state index is -1.51. The first-order valence-corrected chi connectivity index (χ1v) is 15.5. The third-order valence-corrected chi connectivity index (χ3v) is 10.4. The lowest BCUT2D eigenvalue weighted by Gasteiger charge is -2.32. The highest BCUT2D eigenvalue weighted by molar-refractivity contribution is 7.39. The first-order chi connectivity index (χ1) is 20.3. The molecule has 6 aromatic carbocycles. The van der Waals surface area contributed by atoms with Gasteiger partial charge in [-0.3, -0.25) is 0 Å². The van der Waals surface area contributed by atoms with E-state index in [0.29, 0.717) is 0 Å². The van der Waals surface area contributed by atoms with Gasteiger partial charge in [0, 0.05) is 22.9 Å². The molecule has 1 aromatic heterocycles. The average Bonchev–Trinajstić information content (AvgIpc) is 3.36. The Kier molecular flexibility index (Phi) is 5.95. The van der Waals surface area contributed by atoms with Crippen molar-refractivity contribution in [2.75, 3.05) is 4.67 Å². The molecule has 3 nitrogen and oxygen atoms in total. The van der Waals surface area contributed by atoms with Crippen molar-refractivity contribution >= 4 is 51.6 Å². The molecule has 0 amide bonds. The standard InChI is InChI=1S/C37H30NO2P/c1-25(26-11-3-2-4-12-26)38(33-22-19-27-13-5-8-16-30(27)33)41-39-34-23-20-28-14-6-9-17-31(28)36(34)37-32-18-10-7-15-29(32)21-24-35(37)40-41/h2-18,20-21,23-25,33H,19,22H2,1H3/t25?,33-/m1/s1. The summed E-state index contributed by atoms with van der Waals surface area (Å²) in [4.78, 5) is 0. The quantitative estimate of drug-likeness (QED) is 0.218. The third-order valence-electron chi connectivity index (χ3n) is 8.67. The maximum absolute atomic E-state index is 7.10. The van der Waals surface area contributed by atoms with Crippen LogP contribution in [0.5, 0.6) is 0 Å². The molecule has 4 heteroatoms. The van der Waals surface area contributed by atoms with Gasteiger partial charge in [-0.2, -0.15) is 4.67 Å². The summed E-state index contributed by atoms with van der Waals surface area (Å²) in [6.07, 6.45) is 2.10. The van der Waals surface area contributed by atoms with Crippen LogP contribution in [-0.4, -0.2) is 0 Å². The maximum atomic E-state index is 7.10. The zero-order valence-electron chi connectivity index (χ0n) is 22.9. The second-order valence-electron chi connectivity index (χ2n) is 11.0. The van der Waals surface area contributed by atoms with Crippen molar-refractivity contribution in [2.45, 2.75) is 31.8 Å². The van der Waals surface area contributed by atoms with Crippen LogP contribution < -0.4 is 4.67 Å². The highest BCUT2D eigenvalue weighted by Gasteiger charge is 2.35. The van der Waals surface area contributed by atoms with Crippen molar-refractivity contribution < 1.29 is 8.39 Å². The molecule has 1 heterocycles. The topological polar surface area (TPSA) is 29.5 Å². The first kappa shape index (κ1) is 24.5. The molecule has 0 aliphatic heterocycles. The Morgan fingerprint density at radius 1 is 0.634 bits per heavy atom. The van der Waals surface area contributed by atoms with E-state index < -0.39 is 8.16 Å². The van der Waals surface area contributed by atoms with Gasteiger partial charge in [0.15, 0.2) is 0 Å². The lowest BCUT2D eigenvalue weighted by molar-refractivity contribution is 0.536. The molecule has 0 radical (unpaired) electrons. The van der Waals surface area contributed by atoms with Crippen molar-refractivity contribution in [2.24, 2.45) is 0 Å². The fourth-order valence-corrected chi connectivity index (χ4v) is 8.42. The minimum Gasteiger partial charge on any atom is -0.408 e. The smallest absolute Gasteiger partial charge is 0.310 e. The van der Waals surface area contributed by atoms with Gasteiger partial charge in [-0.1, -0.05) is 115 Å². The van der Waals surface area contributed by atoms with Crippen LogP contribution in [0.3, 0.4) is 0 Å². The molecule has 41 heavy (non-hydrogen) atoms. The number of aryl methyl sites for hydroxylation is 1. The van der Waals surface area contributed by atoms with Crippen LogP contribution in [0.2, 0.25) is 0 Å². The molecule has 0 spiro atoms. The Morgan fingerprint density at radius 3 is 1.85 bits per heavy atom. The van der Waals surface area contributed by atoms with Gasteiger partial charge in [-0.05, 0) is 70.1 Å². The number of fused-ring (bicyclic) bond motifs is 8. The molecule has 8 rings (SSSR count). The predicted octanol–water partition coefficient (Wildman–Crippen LogP) is 11.0. The Bertz CT molecular complexity index is 2000. The summed E-state index contributed by atoms with van der Waals surface area (Å²) in [5.74, 6) is 0. The summed E-state index contributed by atoms with van der Waals surface area (Å²) in [5.41, 5.74) is 5.81. The Hall–Kier alpha value is -4.30. The lowest BCUT2D eigenvalue weighted by atomic mass is 9.99. The number of rotatable bonds is 4. The van der Waals surface area contributed by atoms with E-state index in [1.807, 2.05) is 0 Å². The van der Waals surface area contributed by atoms with Gasteiger partial charge in [-0.25, -0.2) is 0 Å². The van der Waals surface area contributed by atoms with Crippen LogP contribution in [-0.2, 0) is 6.42 Å². The van der Waals surface area contributed by atoms with E-state index in [4.69, 9.17) is 8.39 Å². The maximum Gasteiger partial charge on any atom is 0.310 e. The summed E-state index contributed by atoms with van der Waals surface area (Å²) < 4.78 is 16.7. The molecule has 0 N–H and O–H groups in total. The second kappa shape index (κ2) is 9.96. The summed E-state index contributed by atoms with van der Waals surface area (Å²) in [6, 6.07) is 45.7. The van der Waals surface area contributed by atoms with Gasteiger partial charge in [0.05, 0.1) is 0 Å². The van der Waals surface area contributed by atoms with E-state index >= 15 is 0 Å². The fraction of sp³-hybridized carbons (Fsp3) is 0.135. The fourth-order valence-electron chi connectivity index (χ4n) is 6.67. The largest absolute Gasteiger partial charge is 0.408 e. The second-order valence-corrected chi connectivity index (χ2v) is 12.3. The molecule has 200 valence electrons. The highest BCUT2D eigenvalue weighted by Crippen LogP contribution is 2.50. The van der Waals surface area contributed by atoms with Gasteiger partial charge in [0.2, 0.25) is 0 Å². The third kappa shape index (κ3) is 4.08. The summed E-state index contributed by atoms with van der Waals surface area (Å²) in [5, 5.41) is 6.96. The van der Waals surface area contributed by atoms with Crippen LogP contribution in [0.15, 0.2) is 136 Å². The number of hydrogen-bond acceptors (Lipinski definition) is 3. The van der Waals surface area contributed by atoms with Crippen molar-refractivity contribution in [3.8, 4) is 0 Å². The minimum absolute atomic E-state index is 0.0874. The van der Waals surface area contributed by atoms with Crippen LogP contribution in [0.4, 0.5) is 0 Å². The summed E-state index contributed by atoms with van der Waals surface area (Å²) in [7, 11) is -1.51. The van der Waals surface area contributed by atoms with E-state index in [0.717, 1.165) is 34.8 Å². The normalized spacial score (nSPS) is 15.6. The van der Waals surface area contributed by atoms with Gasteiger partial charge >= 0.3 is 8.16 Å². The molecule has 0 fully saturated rings. The van der Waals surface area contributed by atoms with E-state index in [-0.39, 0.29) is 12.1 Å². The van der Waals surface area contributed by atoms with Crippen LogP contribution >= 0.6 is 8.16 Å². The van der Waals surface area contributed by atoms with Crippen molar-refractivity contribution in [3.05, 3.63) is 144 Å². The predicted molar refractivity (Wildman–Crippen MR) is 172 cm³/mol. The van der Waals surface area contributed by atoms with E-state index in [1.54, 1.807) is 0 Å². The Balaban J connectivity index is 1.49. The molecular weight excluding hydrogens is 521 g/mol. The highest BCUT2D eigenvalue weighted by atomic mass is 31.1. The molecule has 1 aliphatic carbocycles. The van der Waals surface area contributed by atoms with E-state index in [2.05, 4.69) is 139 Å². The van der Waals surface area contributed by atoms with Crippen molar-refractivity contribution in [1.29, 1.82) is 0 Å². The Morgan fingerprint density at radius 2 is 1.20 bits per heavy atom. The molecule has 0 saturated carbocycles. The van der Waals surface area contributed by atoms with E-state index in [1.165, 1.54) is 38.2 Å². The molecule has 0 bridgehead atoms. The molecule has 1 unspecified atom stereocenters. The summed E-state index contributed by atoms with van der Waals surface area (Å²) in [6.45, 7) is 2.29. The van der Waals surface area contributed by atoms with Gasteiger partial charge in [0.1, 0.15) is 11.2 Å². The van der Waals surface area contributed by atoms with Gasteiger partial charge in [-0.15, -0.1) is 0 Å². The molecule has 7 aromatic rings. The SMILES string of the molecule is CC(c1ccccc1)N([C@@H]1CCc2ccccc21)p1oc2ccc3ccccc3c2c2c(ccc3ccccc32)o1. The number of hydrogen-bond donors (Lipinski definition) is 0. The van der Waals surface area contributed by atoms with Gasteiger partial charge < -0.3 is 8.39 Å². The zero-order valence-corrected chi connectivity index (χ0v) is 23.8. The molecular formula is C37H30NO2P. The van der Waals surface area contributed by atoms with E-state index in [9.17, 15) is 0 Å². The molecule has 1 aliphatic rings. The first-order valence-electron chi connectivity index (χ1n) is 14.4. The molecule has 0 saturated heterocycles. The lowest BCUT2D eigenvalue weighted by Crippen LogP contribution is -2.27. The average molecular weight is 552 g/mol. The summed E-state index contributed by atoms with van der Waals surface area (Å²) >= 11 is 0. The monoisotopic (exact) mass is 551 g/mol. The molecule has 2 atom stereocenters. The van der Waals surface area contributed by atoms with Crippen molar-refractivity contribution in [1.82, 2.24) is 0 Å². The van der Waals surface area contributed by atoms with Crippen LogP contribution in [0, 0.1) is 0 Å². The number of nitrogens with zero attached hydrogens (tertiary/aromatic N) is 1. The van der Waals surface area contributed by atoms with Gasteiger partial charge in [0.25, 0.3) is 0 Å². The zero-order chi connectivity index (χ0) is 27.3. The number of benzene rings is 6. The van der Waals surface area contributed by atoms with Crippen LogP contribution in [0.1, 0.15) is 42.1 Å². The van der Waals surface area contributed by atoms with Crippen molar-refractivity contribution in [3.63, 3.8) is 0 Å². The Labute approximate surface area is 240 Å².